The highest BCUT2D eigenvalue weighted by molar-refractivity contribution is 5.96. The molecule has 2 heterocycles. The van der Waals surface area contributed by atoms with Crippen LogP contribution in [0.4, 0.5) is 0 Å². The Bertz CT molecular complexity index is 406. The van der Waals surface area contributed by atoms with E-state index in [4.69, 9.17) is 10.3 Å². The summed E-state index contributed by atoms with van der Waals surface area (Å²) >= 11 is 0. The number of aromatic nitrogens is 1. The zero-order valence-corrected chi connectivity index (χ0v) is 10.6. The maximum absolute atomic E-state index is 12.3. The van der Waals surface area contributed by atoms with Crippen LogP contribution in [0.1, 0.15) is 35.2 Å². The number of amides is 1. The molecule has 0 aromatic carbocycles. The highest BCUT2D eigenvalue weighted by Gasteiger charge is 2.31. The smallest absolute Gasteiger partial charge is 0.259 e. The standard InChI is InChI=1S/C12H19N3O2/c1-7(13)10-4-5-15(6-10)12(16)11-8(2)14-17-9(11)3/h7,10H,4-6,13H2,1-3H3. The average Bonchev–Trinajstić information content (AvgIpc) is 2.85. The van der Waals surface area contributed by atoms with Crippen LogP contribution in [0.25, 0.3) is 0 Å². The fourth-order valence-electron chi connectivity index (χ4n) is 2.35. The van der Waals surface area contributed by atoms with E-state index in [0.29, 0.717) is 22.9 Å². The Morgan fingerprint density at radius 3 is 2.76 bits per heavy atom. The first-order valence-electron chi connectivity index (χ1n) is 5.98. The van der Waals surface area contributed by atoms with Crippen molar-refractivity contribution < 1.29 is 9.32 Å². The van der Waals surface area contributed by atoms with Crippen molar-refractivity contribution in [3.05, 3.63) is 17.0 Å². The van der Waals surface area contributed by atoms with E-state index in [0.717, 1.165) is 19.5 Å². The van der Waals surface area contributed by atoms with Crippen LogP contribution in [-0.4, -0.2) is 35.1 Å². The predicted octanol–water partition coefficient (Wildman–Crippen LogP) is 1.10. The summed E-state index contributed by atoms with van der Waals surface area (Å²) in [5.74, 6) is 1.01. The molecule has 1 amide bonds. The lowest BCUT2D eigenvalue weighted by Gasteiger charge is -2.17. The summed E-state index contributed by atoms with van der Waals surface area (Å²) in [6.07, 6.45) is 0.979. The summed E-state index contributed by atoms with van der Waals surface area (Å²) < 4.78 is 5.03. The maximum atomic E-state index is 12.3. The molecule has 94 valence electrons. The normalized spacial score (nSPS) is 21.9. The van der Waals surface area contributed by atoms with Crippen molar-refractivity contribution in [3.63, 3.8) is 0 Å². The van der Waals surface area contributed by atoms with Crippen molar-refractivity contribution in [2.45, 2.75) is 33.2 Å². The fraction of sp³-hybridized carbons (Fsp3) is 0.667. The first-order chi connectivity index (χ1) is 8.00. The van der Waals surface area contributed by atoms with Crippen LogP contribution in [0.15, 0.2) is 4.52 Å². The van der Waals surface area contributed by atoms with Gasteiger partial charge in [-0.1, -0.05) is 5.16 Å². The third kappa shape index (κ3) is 2.20. The van der Waals surface area contributed by atoms with Gasteiger partial charge in [-0.3, -0.25) is 4.79 Å². The molecule has 1 aliphatic heterocycles. The molecule has 2 atom stereocenters. The minimum Gasteiger partial charge on any atom is -0.361 e. The summed E-state index contributed by atoms with van der Waals surface area (Å²) in [7, 11) is 0. The van der Waals surface area contributed by atoms with Gasteiger partial charge < -0.3 is 15.2 Å². The van der Waals surface area contributed by atoms with Crippen LogP contribution < -0.4 is 5.73 Å². The molecule has 2 unspecified atom stereocenters. The van der Waals surface area contributed by atoms with Gasteiger partial charge in [0.2, 0.25) is 0 Å². The Labute approximate surface area is 101 Å². The number of aryl methyl sites for hydroxylation is 2. The quantitative estimate of drug-likeness (QED) is 0.836. The summed E-state index contributed by atoms with van der Waals surface area (Å²) in [6, 6.07) is 0.137. The average molecular weight is 237 g/mol. The molecule has 1 fully saturated rings. The first kappa shape index (κ1) is 12.1. The Morgan fingerprint density at radius 2 is 2.29 bits per heavy atom. The second kappa shape index (κ2) is 4.49. The molecule has 2 rings (SSSR count). The van der Waals surface area contributed by atoms with E-state index < -0.39 is 0 Å². The van der Waals surface area contributed by atoms with Crippen molar-refractivity contribution >= 4 is 5.91 Å². The molecule has 1 aromatic rings. The van der Waals surface area contributed by atoms with Crippen LogP contribution in [0.3, 0.4) is 0 Å². The van der Waals surface area contributed by atoms with E-state index in [-0.39, 0.29) is 11.9 Å². The Kier molecular flexibility index (Phi) is 3.19. The lowest BCUT2D eigenvalue weighted by molar-refractivity contribution is 0.0783. The number of carbonyl (C=O) groups excluding carboxylic acids is 1. The molecule has 0 bridgehead atoms. The highest BCUT2D eigenvalue weighted by Crippen LogP contribution is 2.23. The number of likely N-dealkylation sites (tertiary alicyclic amines) is 1. The van der Waals surface area contributed by atoms with Crippen molar-refractivity contribution in [2.75, 3.05) is 13.1 Å². The van der Waals surface area contributed by atoms with Crippen molar-refractivity contribution in [1.29, 1.82) is 0 Å². The van der Waals surface area contributed by atoms with Crippen LogP contribution >= 0.6 is 0 Å². The van der Waals surface area contributed by atoms with Gasteiger partial charge in [-0.2, -0.15) is 0 Å². The molecule has 17 heavy (non-hydrogen) atoms. The molecular weight excluding hydrogens is 218 g/mol. The van der Waals surface area contributed by atoms with Crippen LogP contribution in [-0.2, 0) is 0 Å². The van der Waals surface area contributed by atoms with E-state index >= 15 is 0 Å². The zero-order valence-electron chi connectivity index (χ0n) is 10.6. The maximum Gasteiger partial charge on any atom is 0.259 e. The highest BCUT2D eigenvalue weighted by atomic mass is 16.5. The van der Waals surface area contributed by atoms with Gasteiger partial charge in [-0.25, -0.2) is 0 Å². The number of nitrogens with zero attached hydrogens (tertiary/aromatic N) is 2. The molecule has 0 spiro atoms. The molecule has 1 saturated heterocycles. The molecule has 1 aromatic heterocycles. The van der Waals surface area contributed by atoms with Gasteiger partial charge >= 0.3 is 0 Å². The van der Waals surface area contributed by atoms with Gasteiger partial charge in [0.05, 0.1) is 5.69 Å². The lowest BCUT2D eigenvalue weighted by Crippen LogP contribution is -2.33. The van der Waals surface area contributed by atoms with Gasteiger partial charge in [0.1, 0.15) is 11.3 Å². The molecule has 5 heteroatoms. The van der Waals surface area contributed by atoms with Crippen molar-refractivity contribution in [3.8, 4) is 0 Å². The SMILES string of the molecule is Cc1noc(C)c1C(=O)N1CCC(C(C)N)C1. The third-order valence-electron chi connectivity index (χ3n) is 3.50. The van der Waals surface area contributed by atoms with Gasteiger partial charge in [0.25, 0.3) is 5.91 Å². The molecular formula is C12H19N3O2. The van der Waals surface area contributed by atoms with E-state index in [2.05, 4.69) is 5.16 Å². The topological polar surface area (TPSA) is 72.4 Å². The summed E-state index contributed by atoms with van der Waals surface area (Å²) in [4.78, 5) is 14.2. The van der Waals surface area contributed by atoms with Crippen LogP contribution in [0.2, 0.25) is 0 Å². The lowest BCUT2D eigenvalue weighted by atomic mass is 10.0. The number of carbonyl (C=O) groups is 1. The third-order valence-corrected chi connectivity index (χ3v) is 3.50. The van der Waals surface area contributed by atoms with Crippen molar-refractivity contribution in [2.24, 2.45) is 11.7 Å². The van der Waals surface area contributed by atoms with Crippen LogP contribution in [0.5, 0.6) is 0 Å². The summed E-state index contributed by atoms with van der Waals surface area (Å²) in [6.45, 7) is 7.07. The van der Waals surface area contributed by atoms with Crippen LogP contribution in [0, 0.1) is 19.8 Å². The zero-order chi connectivity index (χ0) is 12.6. The van der Waals surface area contributed by atoms with Crippen molar-refractivity contribution in [1.82, 2.24) is 10.1 Å². The van der Waals surface area contributed by atoms with E-state index in [1.54, 1.807) is 13.8 Å². The van der Waals surface area contributed by atoms with E-state index in [9.17, 15) is 4.79 Å². The molecule has 2 N–H and O–H groups in total. The second-order valence-corrected chi connectivity index (χ2v) is 4.86. The van der Waals surface area contributed by atoms with E-state index in [1.807, 2.05) is 11.8 Å². The van der Waals surface area contributed by atoms with Gasteiger partial charge in [-0.15, -0.1) is 0 Å². The number of nitrogens with two attached hydrogens (primary N) is 1. The number of hydrogen-bond acceptors (Lipinski definition) is 4. The van der Waals surface area contributed by atoms with E-state index in [1.165, 1.54) is 0 Å². The van der Waals surface area contributed by atoms with Gasteiger partial charge in [0.15, 0.2) is 0 Å². The first-order valence-corrected chi connectivity index (χ1v) is 5.98. The molecule has 0 aliphatic carbocycles. The Hall–Kier alpha value is -1.36. The van der Waals surface area contributed by atoms with Gasteiger partial charge in [0, 0.05) is 19.1 Å². The van der Waals surface area contributed by atoms with Gasteiger partial charge in [-0.05, 0) is 33.1 Å². The summed E-state index contributed by atoms with van der Waals surface area (Å²) in [5.41, 5.74) is 7.14. The number of rotatable bonds is 2. The Morgan fingerprint density at radius 1 is 1.59 bits per heavy atom. The minimum atomic E-state index is 0.0180. The largest absolute Gasteiger partial charge is 0.361 e. The molecule has 5 nitrogen and oxygen atoms in total. The monoisotopic (exact) mass is 237 g/mol. The summed E-state index contributed by atoms with van der Waals surface area (Å²) in [5, 5.41) is 3.82. The number of hydrogen-bond donors (Lipinski definition) is 1. The molecule has 0 radical (unpaired) electrons. The second-order valence-electron chi connectivity index (χ2n) is 4.86. The molecule has 0 saturated carbocycles. The Balaban J connectivity index is 2.12. The minimum absolute atomic E-state index is 0.0180. The molecule has 1 aliphatic rings. The fourth-order valence-corrected chi connectivity index (χ4v) is 2.35. The predicted molar refractivity (Wildman–Crippen MR) is 63.6 cm³/mol.